The highest BCUT2D eigenvalue weighted by Crippen LogP contribution is 2.60. The Balaban J connectivity index is 0.00000304. The molecule has 0 radical (unpaired) electrons. The Morgan fingerprint density at radius 2 is 1.83 bits per heavy atom. The van der Waals surface area contributed by atoms with Crippen molar-refractivity contribution in [2.45, 2.75) is 61.1 Å². The molecule has 6 N–H and O–H groups in total. The van der Waals surface area contributed by atoms with E-state index in [1.54, 1.807) is 37.3 Å². The normalized spacial score (nSPS) is 38.7. The van der Waals surface area contributed by atoms with Crippen molar-refractivity contribution in [2.24, 2.45) is 11.7 Å². The lowest BCUT2D eigenvalue weighted by molar-refractivity contribution is -0.364. The van der Waals surface area contributed by atoms with Crippen LogP contribution < -0.4 is 16.2 Å². The molecule has 2 fully saturated rings. The fourth-order valence-corrected chi connectivity index (χ4v) is 6.55. The van der Waals surface area contributed by atoms with Gasteiger partial charge in [-0.3, -0.25) is 14.4 Å². The van der Waals surface area contributed by atoms with Crippen molar-refractivity contribution in [3.05, 3.63) is 45.8 Å². The summed E-state index contributed by atoms with van der Waals surface area (Å²) in [5.74, 6) is -6.69. The molecule has 0 saturated carbocycles. The van der Waals surface area contributed by atoms with Crippen molar-refractivity contribution in [3.63, 3.8) is 0 Å². The summed E-state index contributed by atoms with van der Waals surface area (Å²) >= 11 is 0.0247. The molecular weight excluding hydrogens is 514 g/mol. The highest BCUT2D eigenvalue weighted by Gasteiger charge is 2.78. The predicted octanol–water partition coefficient (Wildman–Crippen LogP) is -2.01. The highest BCUT2D eigenvalue weighted by atomic mass is 35.5. The van der Waals surface area contributed by atoms with Crippen LogP contribution in [0.3, 0.4) is 0 Å². The number of hydrogen-bond acceptors (Lipinski definition) is 11. The first-order valence-electron chi connectivity index (χ1n) is 11.1. The maximum atomic E-state index is 13.4. The molecule has 2 aliphatic heterocycles. The van der Waals surface area contributed by atoms with Gasteiger partial charge in [0.05, 0.1) is 17.8 Å². The number of aliphatic hydroxyl groups is 4. The SMILES string of the molecule is CC(=O)C1(OC2C[C@@H](N)[C@@H](O)[C@@H](C)O2)C2C=c3ccccc3=CC2=C2C(=O)C(=O)SC2(O)C1(O)O.Cl. The molecule has 1 aromatic rings. The molecule has 5 rings (SSSR count). The van der Waals surface area contributed by atoms with Gasteiger partial charge in [-0.2, -0.15) is 0 Å². The summed E-state index contributed by atoms with van der Waals surface area (Å²) < 4.78 is 11.8. The van der Waals surface area contributed by atoms with Crippen LogP contribution in [0.25, 0.3) is 12.2 Å². The van der Waals surface area contributed by atoms with Crippen LogP contribution in [0.15, 0.2) is 35.4 Å². The Hall–Kier alpha value is -1.93. The minimum absolute atomic E-state index is 0. The van der Waals surface area contributed by atoms with Gasteiger partial charge in [-0.15, -0.1) is 12.4 Å². The van der Waals surface area contributed by atoms with Crippen molar-refractivity contribution in [1.29, 1.82) is 0 Å². The van der Waals surface area contributed by atoms with E-state index >= 15 is 0 Å². The second kappa shape index (κ2) is 8.83. The summed E-state index contributed by atoms with van der Waals surface area (Å²) in [6.07, 6.45) is -0.117. The van der Waals surface area contributed by atoms with Crippen molar-refractivity contribution in [3.8, 4) is 0 Å². The molecule has 2 saturated heterocycles. The third kappa shape index (κ3) is 3.43. The quantitative estimate of drug-likeness (QED) is 0.212. The van der Waals surface area contributed by atoms with Gasteiger partial charge in [0.1, 0.15) is 0 Å². The van der Waals surface area contributed by atoms with Crippen molar-refractivity contribution < 1.29 is 44.3 Å². The Morgan fingerprint density at radius 1 is 1.19 bits per heavy atom. The van der Waals surface area contributed by atoms with E-state index in [0.717, 1.165) is 6.92 Å². The summed E-state index contributed by atoms with van der Waals surface area (Å²) in [6, 6.07) is 6.17. The van der Waals surface area contributed by atoms with E-state index in [-0.39, 0.29) is 36.2 Å². The lowest BCUT2D eigenvalue weighted by Gasteiger charge is -2.56. The molecular formula is C24H26ClNO9S. The Labute approximate surface area is 215 Å². The van der Waals surface area contributed by atoms with E-state index in [9.17, 15) is 34.8 Å². The van der Waals surface area contributed by atoms with Crippen LogP contribution in [0.2, 0.25) is 0 Å². The molecule has 0 spiro atoms. The minimum Gasteiger partial charge on any atom is -0.389 e. The first kappa shape index (κ1) is 27.1. The van der Waals surface area contributed by atoms with Gasteiger partial charge >= 0.3 is 0 Å². The van der Waals surface area contributed by atoms with Crippen LogP contribution in [0.5, 0.6) is 0 Å². The van der Waals surface area contributed by atoms with E-state index in [1.165, 1.54) is 6.08 Å². The fourth-order valence-electron chi connectivity index (χ4n) is 5.48. The van der Waals surface area contributed by atoms with E-state index in [0.29, 0.717) is 10.4 Å². The number of thioether (sulfide) groups is 1. The number of hydrogen-bond donors (Lipinski definition) is 5. The largest absolute Gasteiger partial charge is 0.389 e. The van der Waals surface area contributed by atoms with Gasteiger partial charge in [-0.05, 0) is 47.7 Å². The molecule has 7 atom stereocenters. The first-order chi connectivity index (χ1) is 16.3. The lowest BCUT2D eigenvalue weighted by atomic mass is 9.62. The van der Waals surface area contributed by atoms with Crippen LogP contribution in [0.1, 0.15) is 20.3 Å². The van der Waals surface area contributed by atoms with Crippen molar-refractivity contribution in [1.82, 2.24) is 0 Å². The first-order valence-corrected chi connectivity index (χ1v) is 11.9. The highest BCUT2D eigenvalue weighted by molar-refractivity contribution is 8.17. The molecule has 194 valence electrons. The monoisotopic (exact) mass is 539 g/mol. The van der Waals surface area contributed by atoms with E-state index in [2.05, 4.69) is 0 Å². The average Bonchev–Trinajstić information content (AvgIpc) is 3.03. The zero-order chi connectivity index (χ0) is 25.5. The zero-order valence-corrected chi connectivity index (χ0v) is 20.9. The number of benzene rings is 1. The molecule has 2 heterocycles. The maximum Gasteiger partial charge on any atom is 0.263 e. The number of ketones is 2. The second-order valence-electron chi connectivity index (χ2n) is 9.35. The Kier molecular flexibility index (Phi) is 6.65. The number of rotatable bonds is 3. The maximum absolute atomic E-state index is 13.4. The summed E-state index contributed by atoms with van der Waals surface area (Å²) in [5.41, 5.74) is 2.97. The van der Waals surface area contributed by atoms with Gasteiger partial charge in [0.15, 0.2) is 17.7 Å². The zero-order valence-electron chi connectivity index (χ0n) is 19.3. The molecule has 10 nitrogen and oxygen atoms in total. The van der Waals surface area contributed by atoms with Crippen LogP contribution in [0.4, 0.5) is 0 Å². The van der Waals surface area contributed by atoms with Gasteiger partial charge in [-0.1, -0.05) is 30.3 Å². The number of carbonyl (C=O) groups is 3. The van der Waals surface area contributed by atoms with Gasteiger partial charge < -0.3 is 35.6 Å². The predicted molar refractivity (Wildman–Crippen MR) is 130 cm³/mol. The molecule has 1 aromatic carbocycles. The number of ether oxygens (including phenoxy) is 2. The molecule has 0 aromatic heterocycles. The van der Waals surface area contributed by atoms with Crippen LogP contribution >= 0.6 is 24.2 Å². The lowest BCUT2D eigenvalue weighted by Crippen LogP contribution is -2.77. The van der Waals surface area contributed by atoms with Gasteiger partial charge in [0.2, 0.25) is 16.5 Å². The standard InChI is InChI=1S/C24H25NO9S.ClH/c1-10-19(27)16(25)9-17(33-10)34-22(11(2)26)15-8-13-6-4-3-5-12(13)7-14(15)18-20(28)21(29)35-23(18,30)24(22,31)32;/h3-8,10,15-17,19,27,30-32H,9,25H2,1-2H3;1H/t10-,15?,16-,17?,19+,22?,23?;/m1./s1. The molecule has 0 amide bonds. The molecule has 2 aliphatic carbocycles. The number of carbonyl (C=O) groups excluding carboxylic acids is 3. The number of aliphatic hydroxyl groups excluding tert-OH is 1. The van der Waals surface area contributed by atoms with Gasteiger partial charge in [0.25, 0.3) is 5.12 Å². The summed E-state index contributed by atoms with van der Waals surface area (Å²) in [7, 11) is 0. The van der Waals surface area contributed by atoms with Crippen LogP contribution in [-0.4, -0.2) is 78.0 Å². The third-order valence-corrected chi connectivity index (χ3v) is 8.44. The summed E-state index contributed by atoms with van der Waals surface area (Å²) in [6.45, 7) is 2.61. The van der Waals surface area contributed by atoms with Crippen molar-refractivity contribution >= 4 is 53.0 Å². The number of nitrogens with two attached hydrogens (primary N) is 1. The van der Waals surface area contributed by atoms with Crippen molar-refractivity contribution in [2.75, 3.05) is 0 Å². The fraction of sp³-hybridized carbons (Fsp3) is 0.458. The Bertz CT molecular complexity index is 1300. The number of halogens is 1. The average molecular weight is 540 g/mol. The van der Waals surface area contributed by atoms with E-state index in [4.69, 9.17) is 15.2 Å². The van der Waals surface area contributed by atoms with E-state index in [1.807, 2.05) is 0 Å². The molecule has 36 heavy (non-hydrogen) atoms. The van der Waals surface area contributed by atoms with E-state index < -0.39 is 69.0 Å². The summed E-state index contributed by atoms with van der Waals surface area (Å²) in [5, 5.41) is 44.9. The third-order valence-electron chi connectivity index (χ3n) is 7.29. The topological polar surface area (TPSA) is 177 Å². The second-order valence-corrected chi connectivity index (χ2v) is 10.5. The van der Waals surface area contributed by atoms with Crippen LogP contribution in [0, 0.1) is 5.92 Å². The molecule has 4 aliphatic rings. The Morgan fingerprint density at radius 3 is 2.44 bits per heavy atom. The number of Topliss-reactive ketones (excluding diaryl/α,β-unsaturated/α-hetero) is 2. The van der Waals surface area contributed by atoms with Crippen LogP contribution in [-0.2, 0) is 23.9 Å². The molecule has 0 bridgehead atoms. The van der Waals surface area contributed by atoms with Gasteiger partial charge in [-0.25, -0.2) is 0 Å². The summed E-state index contributed by atoms with van der Waals surface area (Å²) in [4.78, 5) is 35.8. The number of fused-ring (bicyclic) bond motifs is 3. The smallest absolute Gasteiger partial charge is 0.263 e. The molecule has 4 unspecified atom stereocenters. The molecule has 12 heteroatoms. The minimum atomic E-state index is -3.44. The van der Waals surface area contributed by atoms with Gasteiger partial charge in [0, 0.05) is 18.4 Å².